The molecule has 1 heterocycles. The normalized spacial score (nSPS) is 12.7. The quantitative estimate of drug-likeness (QED) is 0.843. The maximum absolute atomic E-state index is 11.9. The number of carbonyl (C=O) groups is 1. The molecular weight excluding hydrogens is 256 g/mol. The van der Waals surface area contributed by atoms with Gasteiger partial charge in [-0.2, -0.15) is 5.26 Å². The van der Waals surface area contributed by atoms with Gasteiger partial charge >= 0.3 is 5.97 Å². The van der Waals surface area contributed by atoms with E-state index in [-0.39, 0.29) is 11.4 Å². The summed E-state index contributed by atoms with van der Waals surface area (Å²) in [4.78, 5) is 14.2. The average molecular weight is 268 g/mol. The van der Waals surface area contributed by atoms with Gasteiger partial charge in [0.1, 0.15) is 11.8 Å². The van der Waals surface area contributed by atoms with Crippen molar-refractivity contribution in [2.75, 3.05) is 0 Å². The number of hydrogen-bond donors (Lipinski definition) is 1. The molecule has 0 spiro atoms. The number of nitriles is 1. The maximum Gasteiger partial charge on any atom is 0.304 e. The summed E-state index contributed by atoms with van der Waals surface area (Å²) < 4.78 is 23.7. The molecule has 96 valence electrons. The third kappa shape index (κ3) is 3.82. The zero-order valence-electron chi connectivity index (χ0n) is 9.70. The van der Waals surface area contributed by atoms with Crippen LogP contribution in [0, 0.1) is 11.3 Å². The van der Waals surface area contributed by atoms with Crippen LogP contribution in [0.4, 0.5) is 0 Å². The molecule has 0 amide bonds. The highest BCUT2D eigenvalue weighted by Crippen LogP contribution is 2.14. The highest BCUT2D eigenvalue weighted by molar-refractivity contribution is 7.91. The van der Waals surface area contributed by atoms with Gasteiger partial charge in [0.25, 0.3) is 0 Å². The van der Waals surface area contributed by atoms with Gasteiger partial charge in [-0.25, -0.2) is 13.4 Å². The minimum Gasteiger partial charge on any atom is -0.481 e. The maximum atomic E-state index is 11.9. The summed E-state index contributed by atoms with van der Waals surface area (Å²) in [7, 11) is -3.55. The molecule has 1 aromatic rings. The number of carboxylic acids is 1. The Balaban J connectivity index is 2.89. The Bertz CT molecular complexity index is 589. The summed E-state index contributed by atoms with van der Waals surface area (Å²) in [5.74, 6) is -1.45. The molecular formula is C11H12N2O4S. The molecule has 1 unspecified atom stereocenters. The zero-order valence-corrected chi connectivity index (χ0v) is 10.5. The predicted octanol–water partition coefficient (Wildman–Crippen LogP) is 0.731. The topological polar surface area (TPSA) is 108 Å². The second-order valence-electron chi connectivity index (χ2n) is 3.88. The highest BCUT2D eigenvalue weighted by atomic mass is 32.2. The first-order valence-electron chi connectivity index (χ1n) is 5.13. The SMILES string of the molecule is CC(CC(=O)O)S(=O)(=O)Cc1ccnc(C#N)c1. The summed E-state index contributed by atoms with van der Waals surface area (Å²) >= 11 is 0. The van der Waals surface area contributed by atoms with Crippen LogP contribution in [0.2, 0.25) is 0 Å². The molecule has 6 nitrogen and oxygen atoms in total. The zero-order chi connectivity index (χ0) is 13.8. The van der Waals surface area contributed by atoms with Crippen LogP contribution in [0.5, 0.6) is 0 Å². The Labute approximate surface area is 105 Å². The molecule has 0 fully saturated rings. The summed E-state index contributed by atoms with van der Waals surface area (Å²) in [6.45, 7) is 1.36. The standard InChI is InChI=1S/C11H12N2O4S/c1-8(4-11(14)15)18(16,17)7-9-2-3-13-10(5-9)6-12/h2-3,5,8H,4,7H2,1H3,(H,14,15). The van der Waals surface area contributed by atoms with E-state index in [1.165, 1.54) is 25.3 Å². The van der Waals surface area contributed by atoms with Crippen LogP contribution in [0.25, 0.3) is 0 Å². The van der Waals surface area contributed by atoms with Crippen LogP contribution in [0.1, 0.15) is 24.6 Å². The molecule has 18 heavy (non-hydrogen) atoms. The molecule has 1 N–H and O–H groups in total. The second-order valence-corrected chi connectivity index (χ2v) is 6.30. The van der Waals surface area contributed by atoms with Gasteiger partial charge in [0.2, 0.25) is 0 Å². The van der Waals surface area contributed by atoms with E-state index in [0.29, 0.717) is 5.56 Å². The van der Waals surface area contributed by atoms with Gasteiger partial charge in [-0.05, 0) is 24.6 Å². The lowest BCUT2D eigenvalue weighted by Crippen LogP contribution is -2.22. The number of hydrogen-bond acceptors (Lipinski definition) is 5. The van der Waals surface area contributed by atoms with Crippen molar-refractivity contribution in [1.29, 1.82) is 5.26 Å². The molecule has 0 radical (unpaired) electrons. The smallest absolute Gasteiger partial charge is 0.304 e. The van der Waals surface area contributed by atoms with E-state index in [1.54, 1.807) is 0 Å². The summed E-state index contributed by atoms with van der Waals surface area (Å²) in [5.41, 5.74) is 0.562. The first-order chi connectivity index (χ1) is 8.35. The van der Waals surface area contributed by atoms with Gasteiger partial charge in [0, 0.05) is 6.20 Å². The highest BCUT2D eigenvalue weighted by Gasteiger charge is 2.23. The molecule has 7 heteroatoms. The minimum absolute atomic E-state index is 0.133. The monoisotopic (exact) mass is 268 g/mol. The lowest BCUT2D eigenvalue weighted by molar-refractivity contribution is -0.136. The van der Waals surface area contributed by atoms with Crippen molar-refractivity contribution in [3.8, 4) is 6.07 Å². The predicted molar refractivity (Wildman–Crippen MR) is 63.3 cm³/mol. The van der Waals surface area contributed by atoms with E-state index < -0.39 is 27.5 Å². The van der Waals surface area contributed by atoms with E-state index in [0.717, 1.165) is 0 Å². The van der Waals surface area contributed by atoms with Crippen LogP contribution < -0.4 is 0 Å². The van der Waals surface area contributed by atoms with Gasteiger partial charge in [0.05, 0.1) is 17.4 Å². The van der Waals surface area contributed by atoms with Crippen molar-refractivity contribution in [3.05, 3.63) is 29.6 Å². The van der Waals surface area contributed by atoms with Gasteiger partial charge in [-0.3, -0.25) is 4.79 Å². The van der Waals surface area contributed by atoms with Crippen LogP contribution in [-0.2, 0) is 20.4 Å². The van der Waals surface area contributed by atoms with Crippen molar-refractivity contribution in [2.24, 2.45) is 0 Å². The van der Waals surface area contributed by atoms with Crippen LogP contribution in [0.3, 0.4) is 0 Å². The first-order valence-corrected chi connectivity index (χ1v) is 6.85. The minimum atomic E-state index is -3.55. The van der Waals surface area contributed by atoms with E-state index in [4.69, 9.17) is 10.4 Å². The fraction of sp³-hybridized carbons (Fsp3) is 0.364. The van der Waals surface area contributed by atoms with Crippen molar-refractivity contribution < 1.29 is 18.3 Å². The number of carboxylic acid groups (broad SMARTS) is 1. The fourth-order valence-corrected chi connectivity index (χ4v) is 2.70. The largest absolute Gasteiger partial charge is 0.481 e. The number of sulfone groups is 1. The lowest BCUT2D eigenvalue weighted by atomic mass is 10.2. The molecule has 0 aliphatic rings. The average Bonchev–Trinajstić information content (AvgIpc) is 2.27. The number of aliphatic carboxylic acids is 1. The Hall–Kier alpha value is -1.94. The number of pyridine rings is 1. The van der Waals surface area contributed by atoms with Crippen LogP contribution >= 0.6 is 0 Å². The number of aromatic nitrogens is 1. The molecule has 0 aliphatic carbocycles. The van der Waals surface area contributed by atoms with E-state index in [2.05, 4.69) is 4.98 Å². The van der Waals surface area contributed by atoms with Crippen LogP contribution in [-0.4, -0.2) is 29.7 Å². The van der Waals surface area contributed by atoms with Crippen LogP contribution in [0.15, 0.2) is 18.3 Å². The third-order valence-corrected chi connectivity index (χ3v) is 4.51. The molecule has 0 saturated carbocycles. The van der Waals surface area contributed by atoms with Gasteiger partial charge in [0.15, 0.2) is 9.84 Å². The molecule has 0 aliphatic heterocycles. The Morgan fingerprint density at radius 3 is 2.83 bits per heavy atom. The van der Waals surface area contributed by atoms with Crippen molar-refractivity contribution in [1.82, 2.24) is 4.98 Å². The van der Waals surface area contributed by atoms with E-state index in [1.807, 2.05) is 6.07 Å². The molecule has 0 saturated heterocycles. The van der Waals surface area contributed by atoms with E-state index in [9.17, 15) is 13.2 Å². The first kappa shape index (κ1) is 14.1. The van der Waals surface area contributed by atoms with Gasteiger partial charge in [-0.15, -0.1) is 0 Å². The summed E-state index contributed by atoms with van der Waals surface area (Å²) in [5, 5.41) is 16.3. The lowest BCUT2D eigenvalue weighted by Gasteiger charge is -2.10. The van der Waals surface area contributed by atoms with Gasteiger partial charge < -0.3 is 5.11 Å². The number of rotatable bonds is 5. The van der Waals surface area contributed by atoms with E-state index >= 15 is 0 Å². The molecule has 1 aromatic heterocycles. The van der Waals surface area contributed by atoms with Crippen molar-refractivity contribution >= 4 is 15.8 Å². The summed E-state index contributed by atoms with van der Waals surface area (Å²) in [6, 6.07) is 4.69. The molecule has 1 atom stereocenters. The van der Waals surface area contributed by atoms with Crippen molar-refractivity contribution in [2.45, 2.75) is 24.3 Å². The second kappa shape index (κ2) is 5.60. The molecule has 0 aromatic carbocycles. The van der Waals surface area contributed by atoms with Gasteiger partial charge in [-0.1, -0.05) is 0 Å². The Morgan fingerprint density at radius 1 is 1.61 bits per heavy atom. The molecule has 0 bridgehead atoms. The van der Waals surface area contributed by atoms with Crippen molar-refractivity contribution in [3.63, 3.8) is 0 Å². The fourth-order valence-electron chi connectivity index (χ4n) is 1.37. The Kier molecular flexibility index (Phi) is 4.39. The third-order valence-electron chi connectivity index (χ3n) is 2.38. The Morgan fingerprint density at radius 2 is 2.28 bits per heavy atom. The summed E-state index contributed by atoms with van der Waals surface area (Å²) in [6.07, 6.45) is 0.920. The number of nitrogens with zero attached hydrogens (tertiary/aromatic N) is 2. The molecule has 1 rings (SSSR count).